The minimum absolute atomic E-state index is 0.00652. The quantitative estimate of drug-likeness (QED) is 0.00864. The summed E-state index contributed by atoms with van der Waals surface area (Å²) in [4.78, 5) is 101. The number of piperidine rings is 1. The van der Waals surface area contributed by atoms with E-state index in [0.717, 1.165) is 33.6 Å². The van der Waals surface area contributed by atoms with Crippen molar-refractivity contribution in [2.24, 2.45) is 35.3 Å². The average molecular weight is 1770 g/mol. The number of cyclic esters (lactones) is 1. The highest BCUT2D eigenvalue weighted by atomic mass is 16.6. The second-order valence-corrected chi connectivity index (χ2v) is 33.6. The van der Waals surface area contributed by atoms with Crippen LogP contribution in [0.15, 0.2) is 94.7 Å². The fourth-order valence-electron chi connectivity index (χ4n) is 16.8. The Bertz CT molecular complexity index is 4440. The van der Waals surface area contributed by atoms with Crippen molar-refractivity contribution in [2.75, 3.05) is 151 Å². The number of amides is 3. The first kappa shape index (κ1) is 99.6. The van der Waals surface area contributed by atoms with Gasteiger partial charge in [0.25, 0.3) is 17.7 Å². The average Bonchev–Trinajstić information content (AvgIpc) is 1.33. The number of nitrogens with two attached hydrogens (primary N) is 3. The maximum atomic E-state index is 14.9. The zero-order chi connectivity index (χ0) is 90.2. The van der Waals surface area contributed by atoms with Gasteiger partial charge in [-0.3, -0.25) is 19.2 Å². The standard InChI is InChI=1S/C91H133N11O24/c1-57-14-10-9-11-15-58(2)74(113-7)52-68-22-17-62(6)91(112,126-68)84(108)87(109)101-28-13-12-16-71(101)88(110)123-76(69(92)49-63-19-23-72(103)77(50-63)114-8)53-75(59(3)47-61(5)82(106)83(107)81(105)60(4)46-57)125-90(111)95-27-31-116-33-35-118-37-39-120-41-43-122-45-44-121-42-40-119-38-36-117-34-32-115-30-26-78(104)100-29-25-65-48-64(18-20-67(65)55-100)54-102-86-79(85(93)96-56-97-86)80(99-102)66-21-24-73-70(51-66)98-89(94)124-73/h9-11,14-15,18,20-21,24,47-48,51,56-57,59-60,62-63,68-69,71-72,74-77,82-83,103,106-107,112H,12-13,16-17,19,22-23,25-46,49-50,52-55,92H2,1-8H3,(H2,94,98)(H,95,111)(H2,93,96,97)/b11-9?,14-10+,58-15?,61-47+/t57-,59-,60-,62-,63+,68+,69-,71+,72-,74+,75-,76+,77-,82-,83+,91-/m1/s1. The van der Waals surface area contributed by atoms with Crippen molar-refractivity contribution in [3.8, 4) is 11.3 Å². The van der Waals surface area contributed by atoms with Gasteiger partial charge in [-0.1, -0.05) is 82.4 Å². The number of carbonyl (C=O) groups is 6. The van der Waals surface area contributed by atoms with Crippen LogP contribution in [-0.2, 0) is 105 Å². The lowest BCUT2D eigenvalue weighted by molar-refractivity contribution is -0.265. The minimum Gasteiger partial charge on any atom is -0.459 e. The van der Waals surface area contributed by atoms with Gasteiger partial charge < -0.3 is 119 Å². The molecule has 1 saturated carbocycles. The predicted octanol–water partition coefficient (Wildman–Crippen LogP) is 7.01. The number of carbonyl (C=O) groups excluding carboxylic acids is 6. The van der Waals surface area contributed by atoms with Gasteiger partial charge in [0.1, 0.15) is 53.8 Å². The van der Waals surface area contributed by atoms with Crippen LogP contribution in [0.4, 0.5) is 16.6 Å². The number of allylic oxidation sites excluding steroid dienone is 5. The SMILES string of the molecule is CO[C@H]1C[C@@H]2CC[C@@H](C)[C@@](O)(O2)C(=O)C(=O)N2CCCC[C@H]2C(=O)O[C@H]([C@H](N)C[C@@H]2CC[C@@H](O)[C@H](OC)C2)C[C@@H](OC(=O)NCCOCCOCCOCCOCCOCCOCCOCCOCCC(=O)N2CCc3cc(Cn4nc(-c5ccc6oc(N)nc6c5)c5c(N)ncnc54)ccc3C2)[C@H](C)/C=C(\C)[C@@H](O)[C@@H](O)C(=O)[C@H](C)C[C@H](C)/C=C/C=CC=C1C. The van der Waals surface area contributed by atoms with Crippen LogP contribution < -0.4 is 22.5 Å². The molecular weight excluding hydrogens is 1630 g/mol. The molecule has 3 fully saturated rings. The first-order valence-corrected chi connectivity index (χ1v) is 44.4. The van der Waals surface area contributed by atoms with Gasteiger partial charge in [-0.2, -0.15) is 10.1 Å². The lowest BCUT2D eigenvalue weighted by Gasteiger charge is -2.43. The number of aliphatic hydroxyl groups is 4. The molecular formula is C91H133N11O24. The summed E-state index contributed by atoms with van der Waals surface area (Å²) in [7, 11) is 3.07. The summed E-state index contributed by atoms with van der Waals surface area (Å²) in [6.45, 7) is 17.1. The van der Waals surface area contributed by atoms with E-state index in [9.17, 15) is 49.2 Å². The minimum atomic E-state index is -2.52. The molecule has 5 aliphatic rings. The molecule has 5 aromatic rings. The molecule has 2 saturated heterocycles. The second kappa shape index (κ2) is 50.4. The lowest BCUT2D eigenvalue weighted by Crippen LogP contribution is -2.61. The number of Topliss-reactive ketones (excluding diaryl/α,β-unsaturated/α-hetero) is 2. The van der Waals surface area contributed by atoms with E-state index in [4.69, 9.17) is 88.3 Å². The maximum absolute atomic E-state index is 14.9. The van der Waals surface area contributed by atoms with Gasteiger partial charge in [0.05, 0.1) is 148 Å². The zero-order valence-electron chi connectivity index (χ0n) is 74.2. The van der Waals surface area contributed by atoms with Crippen molar-refractivity contribution in [1.82, 2.24) is 39.8 Å². The number of ketones is 2. The summed E-state index contributed by atoms with van der Waals surface area (Å²) in [6, 6.07) is 9.67. The number of benzene rings is 2. The number of nitrogen functional groups attached to an aromatic ring is 2. The van der Waals surface area contributed by atoms with Crippen LogP contribution in [0.1, 0.15) is 142 Å². The molecule has 16 atom stereocenters. The number of alkyl carbamates (subject to hydrolysis) is 1. The Hall–Kier alpha value is -8.60. The van der Waals surface area contributed by atoms with Gasteiger partial charge >= 0.3 is 12.1 Å². The smallest absolute Gasteiger partial charge is 0.407 e. The first-order chi connectivity index (χ1) is 60.7. The maximum Gasteiger partial charge on any atom is 0.407 e. The molecule has 35 nitrogen and oxygen atoms in total. The van der Waals surface area contributed by atoms with Crippen LogP contribution in [0.3, 0.4) is 0 Å². The fraction of sp³-hybridized carbons (Fsp3) is 0.648. The molecule has 2 aromatic carbocycles. The van der Waals surface area contributed by atoms with E-state index in [2.05, 4.69) is 38.5 Å². The fourth-order valence-corrected chi connectivity index (χ4v) is 16.8. The Kier molecular flexibility index (Phi) is 39.8. The van der Waals surface area contributed by atoms with Crippen molar-refractivity contribution >= 4 is 69.4 Å². The molecule has 1 aliphatic carbocycles. The van der Waals surface area contributed by atoms with Crippen molar-refractivity contribution < 1.29 is 115 Å². The van der Waals surface area contributed by atoms with Gasteiger partial charge in [0.15, 0.2) is 17.0 Å². The number of nitrogens with one attached hydrogen (secondary N) is 1. The summed E-state index contributed by atoms with van der Waals surface area (Å²) in [5.74, 6) is -8.38. The highest BCUT2D eigenvalue weighted by Crippen LogP contribution is 2.39. The molecule has 11 N–H and O–H groups in total. The van der Waals surface area contributed by atoms with Gasteiger partial charge in [-0.25, -0.2) is 24.2 Å². The number of oxazole rings is 1. The van der Waals surface area contributed by atoms with E-state index in [-0.39, 0.29) is 101 Å². The van der Waals surface area contributed by atoms with Crippen molar-refractivity contribution in [3.63, 3.8) is 0 Å². The van der Waals surface area contributed by atoms with Crippen LogP contribution in [-0.4, -0.2) is 297 Å². The number of methoxy groups -OCH3 is 2. The van der Waals surface area contributed by atoms with E-state index in [1.54, 1.807) is 46.9 Å². The number of aliphatic hydroxyl groups excluding tert-OH is 3. The number of aromatic nitrogens is 5. The summed E-state index contributed by atoms with van der Waals surface area (Å²) in [6.07, 6.45) is 8.22. The van der Waals surface area contributed by atoms with Crippen molar-refractivity contribution in [3.05, 3.63) is 107 Å². The largest absolute Gasteiger partial charge is 0.459 e. The third-order valence-electron chi connectivity index (χ3n) is 24.2. The number of ether oxygens (including phenoxy) is 13. The van der Waals surface area contributed by atoms with Gasteiger partial charge in [-0.05, 0) is 142 Å². The van der Waals surface area contributed by atoms with E-state index >= 15 is 0 Å². The third-order valence-corrected chi connectivity index (χ3v) is 24.2. The summed E-state index contributed by atoms with van der Waals surface area (Å²) in [5, 5.41) is 54.3. The Morgan fingerprint density at radius 3 is 2.05 bits per heavy atom. The Labute approximate surface area is 737 Å². The Balaban J connectivity index is 0.598. The molecule has 3 aromatic heterocycles. The van der Waals surface area contributed by atoms with Crippen molar-refractivity contribution in [2.45, 2.75) is 211 Å². The molecule has 4 aliphatic heterocycles. The number of hydrogen-bond acceptors (Lipinski definition) is 31. The summed E-state index contributed by atoms with van der Waals surface area (Å²) >= 11 is 0. The lowest BCUT2D eigenvalue weighted by atomic mass is 9.80. The summed E-state index contributed by atoms with van der Waals surface area (Å²) < 4.78 is 82.9. The number of fused-ring (bicyclic) bond motifs is 6. The van der Waals surface area contributed by atoms with E-state index < -0.39 is 114 Å². The number of esters is 1. The normalized spacial score (nSPS) is 27.0. The van der Waals surface area contributed by atoms with Crippen LogP contribution >= 0.6 is 0 Å². The molecule has 0 unspecified atom stereocenters. The number of nitrogens with zero attached hydrogens (tertiary/aromatic N) is 7. The van der Waals surface area contributed by atoms with Gasteiger partial charge in [-0.15, -0.1) is 0 Å². The molecule has 2 bridgehead atoms. The molecule has 10 rings (SSSR count). The second-order valence-electron chi connectivity index (χ2n) is 33.6. The van der Waals surface area contributed by atoms with Gasteiger partial charge in [0.2, 0.25) is 11.7 Å². The molecule has 7 heterocycles. The Morgan fingerprint density at radius 1 is 0.698 bits per heavy atom. The highest BCUT2D eigenvalue weighted by molar-refractivity contribution is 6.39. The number of anilines is 2. The van der Waals surface area contributed by atoms with Crippen molar-refractivity contribution in [1.29, 1.82) is 0 Å². The molecule has 3 amide bonds. The third kappa shape index (κ3) is 29.0. The van der Waals surface area contributed by atoms with E-state index in [1.807, 2.05) is 65.9 Å². The van der Waals surface area contributed by atoms with E-state index in [1.165, 1.54) is 19.0 Å². The zero-order valence-corrected chi connectivity index (χ0v) is 74.2. The van der Waals surface area contributed by atoms with Gasteiger partial charge in [0, 0.05) is 82.6 Å². The molecule has 0 spiro atoms. The molecule has 126 heavy (non-hydrogen) atoms. The van der Waals surface area contributed by atoms with Crippen LogP contribution in [0, 0.1) is 29.6 Å². The van der Waals surface area contributed by atoms with Crippen LogP contribution in [0.2, 0.25) is 0 Å². The van der Waals surface area contributed by atoms with Crippen LogP contribution in [0.5, 0.6) is 0 Å². The predicted molar refractivity (Wildman–Crippen MR) is 465 cm³/mol. The first-order valence-electron chi connectivity index (χ1n) is 44.4. The summed E-state index contributed by atoms with van der Waals surface area (Å²) in [5.41, 5.74) is 26.8. The molecule has 35 heteroatoms. The molecule has 696 valence electrons. The number of hydrogen-bond donors (Lipinski definition) is 8. The molecule has 0 radical (unpaired) electrons. The number of rotatable bonds is 36. The topological polar surface area (TPSA) is 470 Å². The Morgan fingerprint density at radius 2 is 1.37 bits per heavy atom. The highest BCUT2D eigenvalue weighted by Gasteiger charge is 2.53. The monoisotopic (exact) mass is 1760 g/mol. The van der Waals surface area contributed by atoms with E-state index in [0.29, 0.717) is 184 Å². The van der Waals surface area contributed by atoms with Crippen LogP contribution in [0.25, 0.3) is 33.4 Å².